The van der Waals surface area contributed by atoms with E-state index in [1.54, 1.807) is 24.1 Å². The van der Waals surface area contributed by atoms with Gasteiger partial charge in [0, 0.05) is 45.3 Å². The summed E-state index contributed by atoms with van der Waals surface area (Å²) < 4.78 is 1.75. The zero-order chi connectivity index (χ0) is 20.6. The van der Waals surface area contributed by atoms with Gasteiger partial charge in [-0.3, -0.25) is 9.89 Å². The topological polar surface area (TPSA) is 70.4 Å². The first-order valence-corrected chi connectivity index (χ1v) is 10.5. The summed E-state index contributed by atoms with van der Waals surface area (Å²) >= 11 is 0. The number of pyridine rings is 1. The Hall–Kier alpha value is -3.19. The van der Waals surface area contributed by atoms with E-state index in [0.717, 1.165) is 30.4 Å². The molecule has 3 heterocycles. The Bertz CT molecular complexity index is 942. The summed E-state index contributed by atoms with van der Waals surface area (Å²) in [6, 6.07) is 14.8. The van der Waals surface area contributed by atoms with Crippen molar-refractivity contribution in [1.29, 1.82) is 0 Å². The van der Waals surface area contributed by atoms with Gasteiger partial charge in [0.2, 0.25) is 0 Å². The molecule has 1 aromatic carbocycles. The van der Waals surface area contributed by atoms with Gasteiger partial charge in [0.05, 0.1) is 0 Å². The van der Waals surface area contributed by atoms with Crippen LogP contribution in [0.3, 0.4) is 0 Å². The number of guanidine groups is 1. The number of hydrogen-bond donors (Lipinski definition) is 2. The van der Waals surface area contributed by atoms with Crippen LogP contribution in [0, 0.1) is 0 Å². The fourth-order valence-corrected chi connectivity index (χ4v) is 3.65. The van der Waals surface area contributed by atoms with Gasteiger partial charge in [0.25, 0.3) is 0 Å². The SMILES string of the molecule is CN=C(NCc1ccc(CN2CCCC2)cc1)NCc1ccnc(-n2cccn2)c1. The predicted molar refractivity (Wildman–Crippen MR) is 119 cm³/mol. The second-order valence-corrected chi connectivity index (χ2v) is 7.55. The number of nitrogens with one attached hydrogen (secondary N) is 2. The van der Waals surface area contributed by atoms with Crippen molar-refractivity contribution in [2.45, 2.75) is 32.5 Å². The van der Waals surface area contributed by atoms with E-state index < -0.39 is 0 Å². The van der Waals surface area contributed by atoms with Gasteiger partial charge in [-0.05, 0) is 60.8 Å². The molecule has 7 heteroatoms. The molecule has 0 atom stereocenters. The van der Waals surface area contributed by atoms with E-state index in [1.807, 2.05) is 24.4 Å². The first kappa shape index (κ1) is 20.1. The molecule has 0 spiro atoms. The van der Waals surface area contributed by atoms with E-state index in [4.69, 9.17) is 0 Å². The van der Waals surface area contributed by atoms with E-state index in [9.17, 15) is 0 Å². The highest BCUT2D eigenvalue weighted by atomic mass is 15.3. The maximum Gasteiger partial charge on any atom is 0.191 e. The monoisotopic (exact) mass is 403 g/mol. The van der Waals surface area contributed by atoms with Gasteiger partial charge in [-0.25, -0.2) is 9.67 Å². The van der Waals surface area contributed by atoms with Crippen LogP contribution in [0.5, 0.6) is 0 Å². The molecule has 0 saturated carbocycles. The van der Waals surface area contributed by atoms with Crippen LogP contribution in [0.4, 0.5) is 0 Å². The van der Waals surface area contributed by atoms with Gasteiger partial charge in [0.15, 0.2) is 11.8 Å². The number of likely N-dealkylation sites (tertiary alicyclic amines) is 1. The van der Waals surface area contributed by atoms with E-state index in [-0.39, 0.29) is 0 Å². The molecule has 0 aliphatic carbocycles. The fraction of sp³-hybridized carbons (Fsp3) is 0.348. The quantitative estimate of drug-likeness (QED) is 0.469. The molecule has 0 radical (unpaired) electrons. The number of nitrogens with zero attached hydrogens (tertiary/aromatic N) is 5. The van der Waals surface area contributed by atoms with Crippen molar-refractivity contribution in [3.63, 3.8) is 0 Å². The molecule has 1 aliphatic heterocycles. The van der Waals surface area contributed by atoms with Crippen molar-refractivity contribution in [3.05, 3.63) is 77.7 Å². The summed E-state index contributed by atoms with van der Waals surface area (Å²) in [7, 11) is 1.79. The summed E-state index contributed by atoms with van der Waals surface area (Å²) in [6.45, 7) is 4.91. The first-order chi connectivity index (χ1) is 14.8. The first-order valence-electron chi connectivity index (χ1n) is 10.5. The van der Waals surface area contributed by atoms with E-state index in [2.05, 4.69) is 54.9 Å². The molecule has 1 saturated heterocycles. The molecule has 1 fully saturated rings. The van der Waals surface area contributed by atoms with Gasteiger partial charge in [-0.15, -0.1) is 0 Å². The molecule has 7 nitrogen and oxygen atoms in total. The number of aliphatic imine (C=N–C) groups is 1. The minimum absolute atomic E-state index is 0.658. The van der Waals surface area contributed by atoms with E-state index >= 15 is 0 Å². The Kier molecular flexibility index (Phi) is 6.72. The maximum atomic E-state index is 4.37. The number of aromatic nitrogens is 3. The third-order valence-corrected chi connectivity index (χ3v) is 5.32. The number of benzene rings is 1. The van der Waals surface area contributed by atoms with Crippen LogP contribution in [-0.4, -0.2) is 45.8 Å². The summed E-state index contributed by atoms with van der Waals surface area (Å²) in [6.07, 6.45) is 8.10. The third kappa shape index (κ3) is 5.45. The number of hydrogen-bond acceptors (Lipinski definition) is 4. The van der Waals surface area contributed by atoms with E-state index in [0.29, 0.717) is 6.54 Å². The van der Waals surface area contributed by atoms with Crippen molar-refractivity contribution in [2.75, 3.05) is 20.1 Å². The van der Waals surface area contributed by atoms with Crippen LogP contribution >= 0.6 is 0 Å². The van der Waals surface area contributed by atoms with Gasteiger partial charge in [-0.1, -0.05) is 24.3 Å². The van der Waals surface area contributed by atoms with Crippen LogP contribution in [-0.2, 0) is 19.6 Å². The Morgan fingerprint density at radius 3 is 2.40 bits per heavy atom. The average Bonchev–Trinajstić information content (AvgIpc) is 3.50. The third-order valence-electron chi connectivity index (χ3n) is 5.32. The molecule has 0 bridgehead atoms. The molecule has 0 unspecified atom stereocenters. The van der Waals surface area contributed by atoms with Crippen molar-refractivity contribution in [2.24, 2.45) is 4.99 Å². The van der Waals surface area contributed by atoms with Crippen LogP contribution in [0.25, 0.3) is 5.82 Å². The summed E-state index contributed by atoms with van der Waals surface area (Å²) in [4.78, 5) is 11.2. The standard InChI is InChI=1S/C23H29N7/c1-24-23(27-17-21-9-11-25-22(15-21)30-14-4-10-28-30)26-16-19-5-7-20(8-6-19)18-29-12-2-3-13-29/h4-11,14-15H,2-3,12-13,16-18H2,1H3,(H2,24,26,27). The van der Waals surface area contributed by atoms with Crippen LogP contribution in [0.1, 0.15) is 29.5 Å². The molecule has 3 aromatic rings. The van der Waals surface area contributed by atoms with Gasteiger partial charge in [0.1, 0.15) is 0 Å². The number of rotatable bonds is 7. The lowest BCUT2D eigenvalue weighted by Crippen LogP contribution is -2.36. The lowest BCUT2D eigenvalue weighted by molar-refractivity contribution is 0.331. The Morgan fingerprint density at radius 2 is 1.70 bits per heavy atom. The molecule has 1 aliphatic rings. The minimum Gasteiger partial charge on any atom is -0.352 e. The molecule has 4 rings (SSSR count). The second kappa shape index (κ2) is 10.0. The second-order valence-electron chi connectivity index (χ2n) is 7.55. The van der Waals surface area contributed by atoms with Crippen molar-refractivity contribution >= 4 is 5.96 Å². The lowest BCUT2D eigenvalue weighted by Gasteiger charge is -2.15. The largest absolute Gasteiger partial charge is 0.352 e. The lowest BCUT2D eigenvalue weighted by atomic mass is 10.1. The Labute approximate surface area is 177 Å². The summed E-state index contributed by atoms with van der Waals surface area (Å²) in [5, 5.41) is 11.0. The van der Waals surface area contributed by atoms with Gasteiger partial charge >= 0.3 is 0 Å². The van der Waals surface area contributed by atoms with Crippen LogP contribution in [0.15, 0.2) is 66.0 Å². The molecular weight excluding hydrogens is 374 g/mol. The molecular formula is C23H29N7. The summed E-state index contributed by atoms with van der Waals surface area (Å²) in [5.41, 5.74) is 3.74. The van der Waals surface area contributed by atoms with Gasteiger partial charge in [-0.2, -0.15) is 5.10 Å². The predicted octanol–water partition coefficient (Wildman–Crippen LogP) is 2.73. The fourth-order valence-electron chi connectivity index (χ4n) is 3.65. The molecule has 2 aromatic heterocycles. The average molecular weight is 404 g/mol. The van der Waals surface area contributed by atoms with Crippen LogP contribution < -0.4 is 10.6 Å². The zero-order valence-electron chi connectivity index (χ0n) is 17.5. The van der Waals surface area contributed by atoms with Crippen molar-refractivity contribution in [3.8, 4) is 5.82 Å². The molecule has 156 valence electrons. The molecule has 30 heavy (non-hydrogen) atoms. The Balaban J connectivity index is 1.26. The van der Waals surface area contributed by atoms with Crippen molar-refractivity contribution in [1.82, 2.24) is 30.3 Å². The van der Waals surface area contributed by atoms with E-state index in [1.165, 1.54) is 37.1 Å². The highest BCUT2D eigenvalue weighted by molar-refractivity contribution is 5.79. The van der Waals surface area contributed by atoms with Gasteiger partial charge < -0.3 is 10.6 Å². The normalized spacial score (nSPS) is 14.8. The summed E-state index contributed by atoms with van der Waals surface area (Å²) in [5.74, 6) is 1.57. The Morgan fingerprint density at radius 1 is 0.967 bits per heavy atom. The molecule has 0 amide bonds. The maximum absolute atomic E-state index is 4.37. The minimum atomic E-state index is 0.658. The highest BCUT2D eigenvalue weighted by Crippen LogP contribution is 2.13. The van der Waals surface area contributed by atoms with Crippen LogP contribution in [0.2, 0.25) is 0 Å². The smallest absolute Gasteiger partial charge is 0.191 e. The zero-order valence-corrected chi connectivity index (χ0v) is 17.5. The van der Waals surface area contributed by atoms with Crippen molar-refractivity contribution < 1.29 is 0 Å². The highest BCUT2D eigenvalue weighted by Gasteiger charge is 2.11. The molecule has 2 N–H and O–H groups in total.